The van der Waals surface area contributed by atoms with Gasteiger partial charge in [0.15, 0.2) is 5.96 Å². The van der Waals surface area contributed by atoms with E-state index in [1.165, 1.54) is 11.1 Å². The van der Waals surface area contributed by atoms with E-state index in [2.05, 4.69) is 48.3 Å². The largest absolute Gasteiger partial charge is 0.349 e. The van der Waals surface area contributed by atoms with Gasteiger partial charge < -0.3 is 14.7 Å². The summed E-state index contributed by atoms with van der Waals surface area (Å²) in [6, 6.07) is 8.67. The third-order valence-corrected chi connectivity index (χ3v) is 2.72. The zero-order chi connectivity index (χ0) is 14.4. The summed E-state index contributed by atoms with van der Waals surface area (Å²) >= 11 is 0. The van der Waals surface area contributed by atoms with E-state index in [-0.39, 0.29) is 24.0 Å². The number of guanidine groups is 1. The van der Waals surface area contributed by atoms with E-state index in [1.807, 2.05) is 38.0 Å². The summed E-state index contributed by atoms with van der Waals surface area (Å²) in [6.07, 6.45) is 0. The second-order valence-electron chi connectivity index (χ2n) is 5.46. The molecule has 0 amide bonds. The van der Waals surface area contributed by atoms with Crippen LogP contribution < -0.4 is 0 Å². The molecular weight excluding hydrogens is 363 g/mol. The predicted octanol–water partition coefficient (Wildman–Crippen LogP) is 2.35. The molecule has 20 heavy (non-hydrogen) atoms. The van der Waals surface area contributed by atoms with E-state index in [9.17, 15) is 0 Å². The van der Waals surface area contributed by atoms with Crippen LogP contribution in [-0.2, 0) is 13.1 Å². The van der Waals surface area contributed by atoms with Gasteiger partial charge in [-0.1, -0.05) is 24.3 Å². The monoisotopic (exact) mass is 390 g/mol. The van der Waals surface area contributed by atoms with Crippen LogP contribution in [0.5, 0.6) is 0 Å². The summed E-state index contributed by atoms with van der Waals surface area (Å²) in [4.78, 5) is 10.9. The zero-order valence-corrected chi connectivity index (χ0v) is 15.8. The minimum Gasteiger partial charge on any atom is -0.349 e. The first-order chi connectivity index (χ1) is 8.90. The Morgan fingerprint density at radius 1 is 0.850 bits per heavy atom. The maximum Gasteiger partial charge on any atom is 0.195 e. The average molecular weight is 390 g/mol. The van der Waals surface area contributed by atoms with Crippen molar-refractivity contribution in [1.82, 2.24) is 14.7 Å². The second-order valence-corrected chi connectivity index (χ2v) is 5.46. The summed E-state index contributed by atoms with van der Waals surface area (Å²) in [6.45, 7) is 1.69. The van der Waals surface area contributed by atoms with Gasteiger partial charge in [0.1, 0.15) is 0 Å². The van der Waals surface area contributed by atoms with Crippen LogP contribution in [0.25, 0.3) is 0 Å². The number of halogens is 1. The Labute approximate surface area is 140 Å². The maximum atomic E-state index is 4.64. The standard InChI is InChI=1S/C15H26N4.HI/c1-17(2)12-14-9-7-13(8-10-14)11-16-15(18(3)4)19(5)6;/h7-10H,11-12H2,1-6H3;1H. The van der Waals surface area contributed by atoms with Crippen molar-refractivity contribution in [3.8, 4) is 0 Å². The first kappa shape index (κ1) is 19.2. The summed E-state index contributed by atoms with van der Waals surface area (Å²) in [5.74, 6) is 0.984. The lowest BCUT2D eigenvalue weighted by Gasteiger charge is -2.22. The number of hydrogen-bond donors (Lipinski definition) is 0. The van der Waals surface area contributed by atoms with Crippen molar-refractivity contribution in [1.29, 1.82) is 0 Å². The summed E-state index contributed by atoms with van der Waals surface area (Å²) in [5, 5.41) is 0. The van der Waals surface area contributed by atoms with E-state index in [4.69, 9.17) is 0 Å². The summed E-state index contributed by atoms with van der Waals surface area (Å²) in [5.41, 5.74) is 2.57. The molecule has 0 unspecified atom stereocenters. The Morgan fingerprint density at radius 3 is 1.70 bits per heavy atom. The van der Waals surface area contributed by atoms with Crippen molar-refractivity contribution >= 4 is 29.9 Å². The minimum absolute atomic E-state index is 0. The normalized spacial score (nSPS) is 9.95. The molecule has 114 valence electrons. The van der Waals surface area contributed by atoms with Gasteiger partial charge in [-0.25, -0.2) is 4.99 Å². The number of aliphatic imine (C=N–C) groups is 1. The molecule has 1 aromatic carbocycles. The SMILES string of the molecule is CN(C)Cc1ccc(CN=C(N(C)C)N(C)C)cc1.I. The fourth-order valence-electron chi connectivity index (χ4n) is 1.96. The third kappa shape index (κ3) is 6.56. The average Bonchev–Trinajstić information content (AvgIpc) is 2.29. The zero-order valence-electron chi connectivity index (χ0n) is 13.4. The van der Waals surface area contributed by atoms with Gasteiger partial charge in [-0.15, -0.1) is 24.0 Å². The van der Waals surface area contributed by atoms with Gasteiger partial charge >= 0.3 is 0 Å². The molecular formula is C15H27IN4. The van der Waals surface area contributed by atoms with E-state index in [0.717, 1.165) is 12.5 Å². The molecule has 0 atom stereocenters. The van der Waals surface area contributed by atoms with Crippen molar-refractivity contribution in [3.05, 3.63) is 35.4 Å². The molecule has 5 heteroatoms. The lowest BCUT2D eigenvalue weighted by atomic mass is 10.1. The van der Waals surface area contributed by atoms with E-state index < -0.39 is 0 Å². The van der Waals surface area contributed by atoms with Gasteiger partial charge in [0.25, 0.3) is 0 Å². The van der Waals surface area contributed by atoms with Crippen molar-refractivity contribution in [2.24, 2.45) is 4.99 Å². The molecule has 0 heterocycles. The van der Waals surface area contributed by atoms with Crippen LogP contribution in [0.4, 0.5) is 0 Å². The molecule has 1 aromatic rings. The third-order valence-electron chi connectivity index (χ3n) is 2.72. The number of hydrogen-bond acceptors (Lipinski definition) is 2. The van der Waals surface area contributed by atoms with Crippen molar-refractivity contribution in [2.75, 3.05) is 42.3 Å². The molecule has 1 rings (SSSR count). The molecule has 0 radical (unpaired) electrons. The van der Waals surface area contributed by atoms with Crippen molar-refractivity contribution in [3.63, 3.8) is 0 Å². The lowest BCUT2D eigenvalue weighted by Crippen LogP contribution is -2.35. The first-order valence-corrected chi connectivity index (χ1v) is 6.52. The highest BCUT2D eigenvalue weighted by molar-refractivity contribution is 14.0. The van der Waals surface area contributed by atoms with Gasteiger partial charge in [0.05, 0.1) is 6.54 Å². The molecule has 0 bridgehead atoms. The van der Waals surface area contributed by atoms with Gasteiger partial charge in [0, 0.05) is 34.7 Å². The molecule has 0 fully saturated rings. The van der Waals surface area contributed by atoms with Gasteiger partial charge in [0.2, 0.25) is 0 Å². The van der Waals surface area contributed by atoms with Crippen LogP contribution in [0.3, 0.4) is 0 Å². The molecule has 0 aliphatic heterocycles. The Kier molecular flexibility index (Phi) is 8.80. The minimum atomic E-state index is 0. The number of benzene rings is 1. The van der Waals surface area contributed by atoms with E-state index >= 15 is 0 Å². The topological polar surface area (TPSA) is 22.1 Å². The molecule has 0 aliphatic rings. The lowest BCUT2D eigenvalue weighted by molar-refractivity contribution is 0.402. The molecule has 0 spiro atoms. The van der Waals surface area contributed by atoms with Gasteiger partial charge in [-0.05, 0) is 25.2 Å². The molecule has 0 saturated heterocycles. The predicted molar refractivity (Wildman–Crippen MR) is 97.8 cm³/mol. The first-order valence-electron chi connectivity index (χ1n) is 6.52. The van der Waals surface area contributed by atoms with Gasteiger partial charge in [-0.3, -0.25) is 0 Å². The Bertz CT molecular complexity index is 400. The highest BCUT2D eigenvalue weighted by Gasteiger charge is 2.03. The highest BCUT2D eigenvalue weighted by Crippen LogP contribution is 2.07. The maximum absolute atomic E-state index is 4.64. The Balaban J connectivity index is 0.00000361. The number of nitrogens with zero attached hydrogens (tertiary/aromatic N) is 4. The molecule has 4 nitrogen and oxygen atoms in total. The number of rotatable bonds is 4. The highest BCUT2D eigenvalue weighted by atomic mass is 127. The van der Waals surface area contributed by atoms with Crippen LogP contribution in [-0.4, -0.2) is 62.9 Å². The van der Waals surface area contributed by atoms with E-state index in [1.54, 1.807) is 0 Å². The molecule has 0 aromatic heterocycles. The smallest absolute Gasteiger partial charge is 0.195 e. The summed E-state index contributed by atoms with van der Waals surface area (Å²) < 4.78 is 0. The van der Waals surface area contributed by atoms with Crippen molar-refractivity contribution < 1.29 is 0 Å². The van der Waals surface area contributed by atoms with Crippen LogP contribution in [0.2, 0.25) is 0 Å². The van der Waals surface area contributed by atoms with Crippen LogP contribution in [0, 0.1) is 0 Å². The summed E-state index contributed by atoms with van der Waals surface area (Å²) in [7, 11) is 12.2. The molecule has 0 aliphatic carbocycles. The van der Waals surface area contributed by atoms with Crippen LogP contribution >= 0.6 is 24.0 Å². The second kappa shape index (κ2) is 9.18. The van der Waals surface area contributed by atoms with Crippen LogP contribution in [0.1, 0.15) is 11.1 Å². The molecule has 0 saturated carbocycles. The van der Waals surface area contributed by atoms with E-state index in [0.29, 0.717) is 6.54 Å². The fraction of sp³-hybridized carbons (Fsp3) is 0.533. The van der Waals surface area contributed by atoms with Crippen LogP contribution in [0.15, 0.2) is 29.3 Å². The Morgan fingerprint density at radius 2 is 1.30 bits per heavy atom. The fourth-order valence-corrected chi connectivity index (χ4v) is 1.96. The van der Waals surface area contributed by atoms with Crippen molar-refractivity contribution in [2.45, 2.75) is 13.1 Å². The van der Waals surface area contributed by atoms with Gasteiger partial charge in [-0.2, -0.15) is 0 Å². The quantitative estimate of drug-likeness (QED) is 0.448. The molecule has 0 N–H and O–H groups in total. The Hall–Kier alpha value is -0.820.